The SMILES string of the molecule is C=CCNC(=O)c1c(N)n(/N=C\c2cccnc2)c2nc3ccccc3nc12. The zero-order chi connectivity index (χ0) is 19.5. The van der Waals surface area contributed by atoms with E-state index in [1.165, 1.54) is 4.68 Å². The summed E-state index contributed by atoms with van der Waals surface area (Å²) in [7, 11) is 0. The van der Waals surface area contributed by atoms with Gasteiger partial charge in [0.15, 0.2) is 5.65 Å². The number of nitrogen functional groups attached to an aromatic ring is 1. The van der Waals surface area contributed by atoms with Crippen molar-refractivity contribution in [3.63, 3.8) is 0 Å². The van der Waals surface area contributed by atoms with Crippen LogP contribution in [0, 0.1) is 0 Å². The first kappa shape index (κ1) is 17.3. The van der Waals surface area contributed by atoms with Gasteiger partial charge in [-0.05, 0) is 18.2 Å². The first-order valence-corrected chi connectivity index (χ1v) is 8.59. The van der Waals surface area contributed by atoms with Crippen LogP contribution in [-0.4, -0.2) is 38.3 Å². The van der Waals surface area contributed by atoms with E-state index in [9.17, 15) is 4.79 Å². The minimum Gasteiger partial charge on any atom is -0.383 e. The first-order chi connectivity index (χ1) is 13.7. The topological polar surface area (TPSA) is 111 Å². The van der Waals surface area contributed by atoms with Crippen LogP contribution >= 0.6 is 0 Å². The maximum atomic E-state index is 12.7. The molecule has 0 aliphatic carbocycles. The number of nitrogens with one attached hydrogen (secondary N) is 1. The fourth-order valence-electron chi connectivity index (χ4n) is 2.82. The lowest BCUT2D eigenvalue weighted by atomic mass is 10.2. The van der Waals surface area contributed by atoms with Crippen LogP contribution in [-0.2, 0) is 0 Å². The molecule has 0 aliphatic rings. The Hall–Kier alpha value is -4.07. The highest BCUT2D eigenvalue weighted by Crippen LogP contribution is 2.27. The molecule has 0 radical (unpaired) electrons. The van der Waals surface area contributed by atoms with E-state index in [1.54, 1.807) is 30.8 Å². The molecule has 0 fully saturated rings. The number of hydrogen-bond acceptors (Lipinski definition) is 6. The number of anilines is 1. The van der Waals surface area contributed by atoms with E-state index >= 15 is 0 Å². The van der Waals surface area contributed by atoms with Crippen molar-refractivity contribution >= 4 is 40.1 Å². The van der Waals surface area contributed by atoms with Crippen molar-refractivity contribution in [3.8, 4) is 0 Å². The highest BCUT2D eigenvalue weighted by Gasteiger charge is 2.23. The minimum absolute atomic E-state index is 0.159. The van der Waals surface area contributed by atoms with Crippen LogP contribution in [0.3, 0.4) is 0 Å². The second-order valence-corrected chi connectivity index (χ2v) is 5.99. The number of pyridine rings is 1. The van der Waals surface area contributed by atoms with Gasteiger partial charge in [-0.15, -0.1) is 6.58 Å². The Morgan fingerprint density at radius 3 is 2.71 bits per heavy atom. The summed E-state index contributed by atoms with van der Waals surface area (Å²) in [5.41, 5.74) is 9.45. The molecule has 0 atom stereocenters. The van der Waals surface area contributed by atoms with Crippen molar-refractivity contribution in [1.29, 1.82) is 0 Å². The van der Waals surface area contributed by atoms with Crippen LogP contribution < -0.4 is 11.1 Å². The van der Waals surface area contributed by atoms with Crippen molar-refractivity contribution < 1.29 is 4.79 Å². The van der Waals surface area contributed by atoms with E-state index in [1.807, 2.05) is 30.3 Å². The molecule has 4 rings (SSSR count). The largest absolute Gasteiger partial charge is 0.383 e. The Kier molecular flexibility index (Phi) is 4.51. The van der Waals surface area contributed by atoms with Crippen molar-refractivity contribution in [2.24, 2.45) is 5.10 Å². The van der Waals surface area contributed by atoms with E-state index in [0.717, 1.165) is 5.56 Å². The molecular weight excluding hydrogens is 354 g/mol. The highest BCUT2D eigenvalue weighted by molar-refractivity contribution is 6.10. The third-order valence-corrected chi connectivity index (χ3v) is 4.11. The Morgan fingerprint density at radius 2 is 2.00 bits per heavy atom. The van der Waals surface area contributed by atoms with E-state index in [2.05, 4.69) is 31.9 Å². The molecule has 138 valence electrons. The quantitative estimate of drug-likeness (QED) is 0.413. The average molecular weight is 371 g/mol. The van der Waals surface area contributed by atoms with Gasteiger partial charge < -0.3 is 11.1 Å². The molecule has 0 saturated carbocycles. The second-order valence-electron chi connectivity index (χ2n) is 5.99. The van der Waals surface area contributed by atoms with Crippen LogP contribution in [0.4, 0.5) is 5.82 Å². The Balaban J connectivity index is 1.93. The number of nitrogens with two attached hydrogens (primary N) is 1. The molecular formula is C20H17N7O. The van der Waals surface area contributed by atoms with Crippen LogP contribution in [0.1, 0.15) is 15.9 Å². The summed E-state index contributed by atoms with van der Waals surface area (Å²) in [6.07, 6.45) is 6.54. The van der Waals surface area contributed by atoms with Crippen LogP contribution in [0.2, 0.25) is 0 Å². The van der Waals surface area contributed by atoms with Gasteiger partial charge in [-0.3, -0.25) is 9.78 Å². The zero-order valence-corrected chi connectivity index (χ0v) is 14.9. The number of amides is 1. The molecule has 0 unspecified atom stereocenters. The molecule has 8 heteroatoms. The number of hydrogen-bond donors (Lipinski definition) is 2. The number of nitrogens with zero attached hydrogens (tertiary/aromatic N) is 5. The summed E-state index contributed by atoms with van der Waals surface area (Å²) in [6.45, 7) is 3.92. The molecule has 3 N–H and O–H groups in total. The Bertz CT molecular complexity index is 1210. The molecule has 0 spiro atoms. The Labute approximate surface area is 160 Å². The Morgan fingerprint density at radius 1 is 1.21 bits per heavy atom. The molecule has 3 aromatic heterocycles. The predicted molar refractivity (Wildman–Crippen MR) is 109 cm³/mol. The zero-order valence-electron chi connectivity index (χ0n) is 14.9. The fraction of sp³-hybridized carbons (Fsp3) is 0.0500. The van der Waals surface area contributed by atoms with Crippen molar-refractivity contribution in [2.75, 3.05) is 12.3 Å². The lowest BCUT2D eigenvalue weighted by molar-refractivity contribution is 0.0960. The van der Waals surface area contributed by atoms with Crippen molar-refractivity contribution in [2.45, 2.75) is 0 Å². The van der Waals surface area contributed by atoms with Gasteiger partial charge >= 0.3 is 0 Å². The molecule has 28 heavy (non-hydrogen) atoms. The maximum absolute atomic E-state index is 12.7. The number of carbonyl (C=O) groups is 1. The number of fused-ring (bicyclic) bond motifs is 2. The van der Waals surface area contributed by atoms with Crippen molar-refractivity contribution in [3.05, 3.63) is 72.6 Å². The van der Waals surface area contributed by atoms with E-state index in [4.69, 9.17) is 5.73 Å². The average Bonchev–Trinajstić information content (AvgIpc) is 3.00. The van der Waals surface area contributed by atoms with E-state index < -0.39 is 0 Å². The molecule has 1 amide bonds. The van der Waals surface area contributed by atoms with E-state index in [0.29, 0.717) is 28.7 Å². The molecule has 1 aromatic carbocycles. The van der Waals surface area contributed by atoms with Gasteiger partial charge in [-0.1, -0.05) is 24.3 Å². The fourth-order valence-corrected chi connectivity index (χ4v) is 2.82. The van der Waals surface area contributed by atoms with Crippen LogP contribution in [0.15, 0.2) is 66.5 Å². The van der Waals surface area contributed by atoms with Crippen LogP contribution in [0.5, 0.6) is 0 Å². The molecule has 3 heterocycles. The third-order valence-electron chi connectivity index (χ3n) is 4.11. The molecule has 8 nitrogen and oxygen atoms in total. The monoisotopic (exact) mass is 371 g/mol. The number of rotatable bonds is 5. The molecule has 4 aromatic rings. The summed E-state index contributed by atoms with van der Waals surface area (Å²) in [4.78, 5) is 26.0. The van der Waals surface area contributed by atoms with Gasteiger partial charge in [0.2, 0.25) is 0 Å². The summed E-state index contributed by atoms with van der Waals surface area (Å²) in [5, 5.41) is 7.16. The molecule has 0 aliphatic heterocycles. The lowest BCUT2D eigenvalue weighted by Gasteiger charge is -2.02. The van der Waals surface area contributed by atoms with Gasteiger partial charge in [0.05, 0.1) is 17.2 Å². The van der Waals surface area contributed by atoms with E-state index in [-0.39, 0.29) is 17.3 Å². The first-order valence-electron chi connectivity index (χ1n) is 8.59. The molecule has 0 saturated heterocycles. The minimum atomic E-state index is -0.359. The summed E-state index contributed by atoms with van der Waals surface area (Å²) < 4.78 is 1.42. The normalized spacial score (nSPS) is 11.3. The van der Waals surface area contributed by atoms with Crippen molar-refractivity contribution in [1.82, 2.24) is 24.9 Å². The number of carbonyl (C=O) groups excluding carboxylic acids is 1. The number of aromatic nitrogens is 4. The number of para-hydroxylation sites is 2. The number of benzene rings is 1. The standard InChI is InChI=1S/C20H17N7O/c1-2-9-23-20(28)16-17-19(26-15-8-4-3-7-14(15)25-17)27(18(16)21)24-12-13-6-5-10-22-11-13/h2-8,10-12H,1,9,21H2,(H,23,28)/b24-12-. The summed E-state index contributed by atoms with van der Waals surface area (Å²) in [6, 6.07) is 11.1. The van der Waals surface area contributed by atoms with Gasteiger partial charge in [-0.2, -0.15) is 9.78 Å². The summed E-state index contributed by atoms with van der Waals surface area (Å²) >= 11 is 0. The lowest BCUT2D eigenvalue weighted by Crippen LogP contribution is -2.24. The third kappa shape index (κ3) is 3.07. The highest BCUT2D eigenvalue weighted by atomic mass is 16.1. The van der Waals surface area contributed by atoms with Gasteiger partial charge in [0, 0.05) is 24.5 Å². The maximum Gasteiger partial charge on any atom is 0.257 e. The molecule has 0 bridgehead atoms. The smallest absolute Gasteiger partial charge is 0.257 e. The predicted octanol–water partition coefficient (Wildman–Crippen LogP) is 2.36. The second kappa shape index (κ2) is 7.28. The van der Waals surface area contributed by atoms with Crippen LogP contribution in [0.25, 0.3) is 22.2 Å². The summed E-state index contributed by atoms with van der Waals surface area (Å²) in [5.74, 6) is -0.200. The van der Waals surface area contributed by atoms with Gasteiger partial charge in [0.1, 0.15) is 16.9 Å². The van der Waals surface area contributed by atoms with Gasteiger partial charge in [0.25, 0.3) is 5.91 Å². The van der Waals surface area contributed by atoms with Gasteiger partial charge in [-0.25, -0.2) is 9.97 Å².